The summed E-state index contributed by atoms with van der Waals surface area (Å²) < 4.78 is 16.0. The Bertz CT molecular complexity index is 436. The van der Waals surface area contributed by atoms with Crippen molar-refractivity contribution in [2.75, 3.05) is 20.4 Å². The van der Waals surface area contributed by atoms with E-state index >= 15 is 0 Å². The largest absolute Gasteiger partial charge is 0.466 e. The molecule has 0 heterocycles. The molecule has 0 aromatic carbocycles. The van der Waals surface area contributed by atoms with Crippen LogP contribution in [0, 0.1) is 5.41 Å². The van der Waals surface area contributed by atoms with E-state index in [0.717, 1.165) is 6.42 Å². The van der Waals surface area contributed by atoms with Crippen molar-refractivity contribution in [2.24, 2.45) is 4.99 Å². The molecule has 1 aliphatic rings. The van der Waals surface area contributed by atoms with Gasteiger partial charge in [-0.2, -0.15) is 0 Å². The zero-order chi connectivity index (χ0) is 14.8. The summed E-state index contributed by atoms with van der Waals surface area (Å²) in [7, 11) is 1.62. The number of nitrogens with one attached hydrogen (secondary N) is 1. The predicted octanol–water partition coefficient (Wildman–Crippen LogP) is 2.85. The van der Waals surface area contributed by atoms with Crippen LogP contribution in [0.2, 0.25) is 0 Å². The Morgan fingerprint density at radius 1 is 1.40 bits per heavy atom. The van der Waals surface area contributed by atoms with E-state index in [4.69, 9.17) is 19.6 Å². The van der Waals surface area contributed by atoms with Crippen LogP contribution < -0.4 is 0 Å². The smallest absolute Gasteiger partial charge is 0.279 e. The number of nitrogens with zero attached hydrogens (tertiary/aromatic N) is 1. The van der Waals surface area contributed by atoms with Gasteiger partial charge in [0.05, 0.1) is 24.1 Å². The van der Waals surface area contributed by atoms with E-state index in [9.17, 15) is 0 Å². The lowest BCUT2D eigenvalue weighted by atomic mass is 10.2. The molecule has 0 amide bonds. The van der Waals surface area contributed by atoms with Gasteiger partial charge in [0.1, 0.15) is 0 Å². The highest BCUT2D eigenvalue weighted by Gasteiger charge is 2.05. The third-order valence-electron chi connectivity index (χ3n) is 2.58. The Hall–Kier alpha value is -1.88. The molecule has 20 heavy (non-hydrogen) atoms. The van der Waals surface area contributed by atoms with Crippen LogP contribution in [0.3, 0.4) is 0 Å². The number of methoxy groups -OCH3 is 1. The van der Waals surface area contributed by atoms with Crippen LogP contribution in [0.1, 0.15) is 20.3 Å². The summed E-state index contributed by atoms with van der Waals surface area (Å²) in [5.41, 5.74) is 0.990. The predicted molar refractivity (Wildman–Crippen MR) is 80.2 cm³/mol. The average Bonchev–Trinajstić information content (AvgIpc) is 2.64. The van der Waals surface area contributed by atoms with E-state index in [1.807, 2.05) is 32.1 Å². The minimum atomic E-state index is -0.0942. The second-order valence-corrected chi connectivity index (χ2v) is 4.13. The maximum atomic E-state index is 7.81. The highest BCUT2D eigenvalue weighted by atomic mass is 16.7. The van der Waals surface area contributed by atoms with E-state index in [1.54, 1.807) is 19.3 Å². The summed E-state index contributed by atoms with van der Waals surface area (Å²) >= 11 is 0. The summed E-state index contributed by atoms with van der Waals surface area (Å²) in [6.07, 6.45) is 9.92. The third kappa shape index (κ3) is 5.84. The van der Waals surface area contributed by atoms with Crippen molar-refractivity contribution in [3.05, 3.63) is 36.3 Å². The maximum Gasteiger partial charge on any atom is 0.279 e. The van der Waals surface area contributed by atoms with Crippen molar-refractivity contribution < 1.29 is 14.2 Å². The highest BCUT2D eigenvalue weighted by Crippen LogP contribution is 2.05. The second kappa shape index (κ2) is 9.09. The molecule has 0 aliphatic heterocycles. The number of hydrogen-bond donors (Lipinski definition) is 1. The van der Waals surface area contributed by atoms with Crippen molar-refractivity contribution >= 4 is 11.4 Å². The lowest BCUT2D eigenvalue weighted by molar-refractivity contribution is 0.0364. The molecule has 0 aromatic heterocycles. The minimum Gasteiger partial charge on any atom is -0.466 e. The first-order valence-electron chi connectivity index (χ1n) is 6.64. The van der Waals surface area contributed by atoms with Crippen LogP contribution in [-0.2, 0) is 14.2 Å². The first kappa shape index (κ1) is 16.2. The molecule has 0 bridgehead atoms. The molecular formula is C15H22N2O3. The lowest BCUT2D eigenvalue weighted by Gasteiger charge is -2.11. The number of ether oxygens (including phenoxy) is 3. The first-order chi connectivity index (χ1) is 9.67. The fourth-order valence-electron chi connectivity index (χ4n) is 1.46. The van der Waals surface area contributed by atoms with Crippen LogP contribution in [0.15, 0.2) is 41.3 Å². The Morgan fingerprint density at radius 2 is 2.15 bits per heavy atom. The molecule has 1 aliphatic carbocycles. The van der Waals surface area contributed by atoms with Gasteiger partial charge >= 0.3 is 0 Å². The lowest BCUT2D eigenvalue weighted by Crippen LogP contribution is -2.10. The molecule has 0 radical (unpaired) electrons. The summed E-state index contributed by atoms with van der Waals surface area (Å²) in [6, 6.07) is 0. The maximum absolute atomic E-state index is 7.81. The Labute approximate surface area is 120 Å². The Kier molecular flexibility index (Phi) is 7.35. The quantitative estimate of drug-likeness (QED) is 0.728. The molecule has 1 unspecified atom stereocenters. The van der Waals surface area contributed by atoms with Gasteiger partial charge in [0.2, 0.25) is 0 Å². The third-order valence-corrected chi connectivity index (χ3v) is 2.58. The van der Waals surface area contributed by atoms with Gasteiger partial charge in [-0.1, -0.05) is 12.2 Å². The normalized spacial score (nSPS) is 19.1. The fraction of sp³-hybridized carbons (Fsp3) is 0.467. The molecular weight excluding hydrogens is 256 g/mol. The summed E-state index contributed by atoms with van der Waals surface area (Å²) in [6.45, 7) is 4.40. The summed E-state index contributed by atoms with van der Waals surface area (Å²) in [4.78, 5) is 4.25. The fourth-order valence-corrected chi connectivity index (χ4v) is 1.46. The molecule has 1 atom stereocenters. The van der Waals surface area contributed by atoms with Gasteiger partial charge in [-0.15, -0.1) is 0 Å². The summed E-state index contributed by atoms with van der Waals surface area (Å²) in [5, 5.41) is 7.81. The highest BCUT2D eigenvalue weighted by molar-refractivity contribution is 6.49. The van der Waals surface area contributed by atoms with Gasteiger partial charge in [0.15, 0.2) is 6.73 Å². The van der Waals surface area contributed by atoms with E-state index < -0.39 is 0 Å². The number of aliphatic imine (C=N–C) groups is 1. The van der Waals surface area contributed by atoms with Gasteiger partial charge in [-0.05, 0) is 32.4 Å². The first-order valence-corrected chi connectivity index (χ1v) is 6.64. The standard InChI is InChI=1S/C15H22N2O3/c1-4-19-15(10-12(2)18-3)20-11-17-14-9-7-5-6-8-13(14)16/h6-10,12,16H,4-5,11H2,1-3H3/b15-10-,16-13?,17-14+. The zero-order valence-electron chi connectivity index (χ0n) is 12.3. The average molecular weight is 278 g/mol. The van der Waals surface area contributed by atoms with Gasteiger partial charge < -0.3 is 14.2 Å². The minimum absolute atomic E-state index is 0.0942. The van der Waals surface area contributed by atoms with Crippen molar-refractivity contribution in [2.45, 2.75) is 26.4 Å². The summed E-state index contributed by atoms with van der Waals surface area (Å²) in [5.74, 6) is 0.394. The zero-order valence-corrected chi connectivity index (χ0v) is 12.3. The van der Waals surface area contributed by atoms with E-state index in [-0.39, 0.29) is 12.8 Å². The molecule has 0 saturated heterocycles. The number of rotatable bonds is 7. The molecule has 1 N–H and O–H groups in total. The van der Waals surface area contributed by atoms with Crippen LogP contribution >= 0.6 is 0 Å². The monoisotopic (exact) mass is 278 g/mol. The van der Waals surface area contributed by atoms with Crippen molar-refractivity contribution in [1.82, 2.24) is 0 Å². The van der Waals surface area contributed by atoms with Gasteiger partial charge in [0, 0.05) is 13.2 Å². The molecule has 0 spiro atoms. The Balaban J connectivity index is 2.61. The Morgan fingerprint density at radius 3 is 2.85 bits per heavy atom. The molecule has 1 rings (SSSR count). The molecule has 5 nitrogen and oxygen atoms in total. The van der Waals surface area contributed by atoms with Crippen molar-refractivity contribution in [1.29, 1.82) is 5.41 Å². The topological polar surface area (TPSA) is 63.9 Å². The van der Waals surface area contributed by atoms with Crippen LogP contribution in [0.5, 0.6) is 0 Å². The molecule has 0 saturated carbocycles. The molecule has 0 aromatic rings. The van der Waals surface area contributed by atoms with Gasteiger partial charge in [0.25, 0.3) is 5.95 Å². The second-order valence-electron chi connectivity index (χ2n) is 4.13. The van der Waals surface area contributed by atoms with E-state index in [2.05, 4.69) is 4.99 Å². The van der Waals surface area contributed by atoms with Crippen LogP contribution in [-0.4, -0.2) is 38.0 Å². The molecule has 5 heteroatoms. The molecule has 110 valence electrons. The van der Waals surface area contributed by atoms with Crippen LogP contribution in [0.25, 0.3) is 0 Å². The van der Waals surface area contributed by atoms with Crippen molar-refractivity contribution in [3.63, 3.8) is 0 Å². The van der Waals surface area contributed by atoms with Gasteiger partial charge in [-0.3, -0.25) is 5.41 Å². The van der Waals surface area contributed by atoms with Crippen molar-refractivity contribution in [3.8, 4) is 0 Å². The molecule has 0 fully saturated rings. The number of hydrogen-bond acceptors (Lipinski definition) is 5. The number of allylic oxidation sites excluding steroid dienone is 4. The SMILES string of the molecule is CCO/C(=C/C(C)OC)OC/N=C1\C=CCC=CC1=N. The van der Waals surface area contributed by atoms with Crippen LogP contribution in [0.4, 0.5) is 0 Å². The van der Waals surface area contributed by atoms with Gasteiger partial charge in [-0.25, -0.2) is 4.99 Å². The van der Waals surface area contributed by atoms with E-state index in [1.165, 1.54) is 0 Å². The van der Waals surface area contributed by atoms with E-state index in [0.29, 0.717) is 24.0 Å².